The number of pyridine rings is 1. The third-order valence-corrected chi connectivity index (χ3v) is 6.11. The Balaban J connectivity index is 2.02. The largest absolute Gasteiger partial charge is 0.433 e. The van der Waals surface area contributed by atoms with Gasteiger partial charge in [0, 0.05) is 24.2 Å². The normalized spacial score (nSPS) is 15.4. The molecule has 1 fully saturated rings. The number of hydrogen-bond donors (Lipinski definition) is 2. The molecule has 36 heavy (non-hydrogen) atoms. The predicted molar refractivity (Wildman–Crippen MR) is 118 cm³/mol. The molecular formula is C25H21F7N2O2. The topological polar surface area (TPSA) is 56.6 Å². The number of hydrogen-bond acceptors (Lipinski definition) is 4. The van der Waals surface area contributed by atoms with E-state index in [1.54, 1.807) is 4.90 Å². The Labute approximate surface area is 201 Å². The average Bonchev–Trinajstić information content (AvgIpc) is 3.36. The molecule has 2 aromatic carbocycles. The highest BCUT2D eigenvalue weighted by Crippen LogP contribution is 2.45. The summed E-state index contributed by atoms with van der Waals surface area (Å²) in [7, 11) is 0. The van der Waals surface area contributed by atoms with Crippen LogP contribution >= 0.6 is 0 Å². The van der Waals surface area contributed by atoms with E-state index in [1.807, 2.05) is 0 Å². The zero-order valence-corrected chi connectivity index (χ0v) is 18.7. The van der Waals surface area contributed by atoms with Gasteiger partial charge in [-0.25, -0.2) is 9.37 Å². The Morgan fingerprint density at radius 1 is 0.861 bits per heavy atom. The molecule has 0 bridgehead atoms. The van der Waals surface area contributed by atoms with Crippen molar-refractivity contribution in [3.63, 3.8) is 0 Å². The summed E-state index contributed by atoms with van der Waals surface area (Å²) >= 11 is 0. The maximum absolute atomic E-state index is 14.1. The van der Waals surface area contributed by atoms with Crippen LogP contribution < -0.4 is 4.90 Å². The van der Waals surface area contributed by atoms with E-state index < -0.39 is 47.7 Å². The van der Waals surface area contributed by atoms with Crippen molar-refractivity contribution < 1.29 is 40.9 Å². The summed E-state index contributed by atoms with van der Waals surface area (Å²) < 4.78 is 94.9. The van der Waals surface area contributed by atoms with Crippen molar-refractivity contribution in [2.24, 2.45) is 0 Å². The lowest BCUT2D eigenvalue weighted by atomic mass is 9.88. The summed E-state index contributed by atoms with van der Waals surface area (Å²) in [5, 5.41) is 21.4. The van der Waals surface area contributed by atoms with E-state index in [2.05, 4.69) is 4.98 Å². The van der Waals surface area contributed by atoms with Gasteiger partial charge in [-0.15, -0.1) is 0 Å². The lowest BCUT2D eigenvalue weighted by Crippen LogP contribution is -2.26. The molecule has 0 aliphatic carbocycles. The van der Waals surface area contributed by atoms with E-state index >= 15 is 0 Å². The predicted octanol–water partition coefficient (Wildman–Crippen LogP) is 6.10. The lowest BCUT2D eigenvalue weighted by molar-refractivity contribution is -0.142. The number of rotatable bonds is 5. The highest BCUT2D eigenvalue weighted by atomic mass is 19.4. The Kier molecular flexibility index (Phi) is 6.98. The molecule has 192 valence electrons. The second kappa shape index (κ2) is 9.70. The van der Waals surface area contributed by atoms with Crippen LogP contribution in [0.4, 0.5) is 36.6 Å². The van der Waals surface area contributed by atoms with Crippen molar-refractivity contribution in [2.45, 2.75) is 37.9 Å². The average molecular weight is 514 g/mol. The molecule has 0 saturated carbocycles. The number of benzene rings is 2. The summed E-state index contributed by atoms with van der Waals surface area (Å²) in [5.41, 5.74) is -3.19. The van der Waals surface area contributed by atoms with Gasteiger partial charge < -0.3 is 15.1 Å². The van der Waals surface area contributed by atoms with Crippen LogP contribution in [-0.2, 0) is 19.0 Å². The van der Waals surface area contributed by atoms with E-state index in [-0.39, 0.29) is 28.1 Å². The molecule has 0 spiro atoms. The van der Waals surface area contributed by atoms with Crippen molar-refractivity contribution in [3.05, 3.63) is 82.3 Å². The Morgan fingerprint density at radius 3 is 1.94 bits per heavy atom. The van der Waals surface area contributed by atoms with Crippen LogP contribution in [0, 0.1) is 5.82 Å². The molecule has 3 aromatic rings. The molecule has 4 nitrogen and oxygen atoms in total. The Morgan fingerprint density at radius 2 is 1.44 bits per heavy atom. The Hall–Kier alpha value is -3.18. The highest BCUT2D eigenvalue weighted by Gasteiger charge is 2.40. The number of alkyl halides is 6. The molecule has 11 heteroatoms. The van der Waals surface area contributed by atoms with Crippen LogP contribution in [0.5, 0.6) is 0 Å². The molecule has 2 N–H and O–H groups in total. The number of halogens is 7. The van der Waals surface area contributed by atoms with Gasteiger partial charge in [0.05, 0.1) is 12.2 Å². The zero-order valence-electron chi connectivity index (χ0n) is 18.7. The van der Waals surface area contributed by atoms with Crippen LogP contribution in [0.15, 0.2) is 48.5 Å². The van der Waals surface area contributed by atoms with Crippen molar-refractivity contribution in [2.75, 3.05) is 18.0 Å². The molecule has 1 atom stereocenters. The monoisotopic (exact) mass is 514 g/mol. The quantitative estimate of drug-likeness (QED) is 0.404. The molecule has 1 aromatic heterocycles. The first-order valence-electron chi connectivity index (χ1n) is 11.0. The minimum Gasteiger partial charge on any atom is -0.392 e. The van der Waals surface area contributed by atoms with Crippen LogP contribution in [0.25, 0.3) is 11.1 Å². The fourth-order valence-corrected chi connectivity index (χ4v) is 4.41. The summed E-state index contributed by atoms with van der Waals surface area (Å²) in [4.78, 5) is 5.39. The number of anilines is 1. The van der Waals surface area contributed by atoms with E-state index in [9.17, 15) is 40.9 Å². The number of aliphatic hydroxyl groups is 2. The fraction of sp³-hybridized carbons (Fsp3) is 0.320. The van der Waals surface area contributed by atoms with Gasteiger partial charge in [-0.3, -0.25) is 0 Å². The Bertz CT molecular complexity index is 1220. The van der Waals surface area contributed by atoms with E-state index in [0.29, 0.717) is 25.9 Å². The molecule has 1 saturated heterocycles. The maximum Gasteiger partial charge on any atom is 0.433 e. The van der Waals surface area contributed by atoms with Crippen LogP contribution in [0.3, 0.4) is 0 Å². The van der Waals surface area contributed by atoms with Crippen LogP contribution in [0.2, 0.25) is 0 Å². The lowest BCUT2D eigenvalue weighted by Gasteiger charge is -2.29. The summed E-state index contributed by atoms with van der Waals surface area (Å²) in [6.45, 7) is -0.404. The van der Waals surface area contributed by atoms with Gasteiger partial charge in [0.15, 0.2) is 5.69 Å². The SMILES string of the molecule is OCc1c(C(F)(F)F)nc(N2CCCC2)c(C(O)c2ccc(C(F)(F)F)cc2)c1-c1ccc(F)cc1. The number of aromatic nitrogens is 1. The zero-order chi connectivity index (χ0) is 26.3. The van der Waals surface area contributed by atoms with Gasteiger partial charge in [0.2, 0.25) is 0 Å². The third-order valence-electron chi connectivity index (χ3n) is 6.11. The summed E-state index contributed by atoms with van der Waals surface area (Å²) in [5.74, 6) is -0.845. The second-order valence-electron chi connectivity index (χ2n) is 8.43. The van der Waals surface area contributed by atoms with Gasteiger partial charge in [-0.1, -0.05) is 24.3 Å². The van der Waals surface area contributed by atoms with Crippen LogP contribution in [-0.4, -0.2) is 28.3 Å². The summed E-state index contributed by atoms with van der Waals surface area (Å²) in [6, 6.07) is 8.05. The molecule has 0 amide bonds. The van der Waals surface area contributed by atoms with E-state index in [4.69, 9.17) is 0 Å². The molecule has 2 heterocycles. The molecule has 1 aliphatic heterocycles. The van der Waals surface area contributed by atoms with Gasteiger partial charge in [-0.2, -0.15) is 26.3 Å². The smallest absolute Gasteiger partial charge is 0.392 e. The number of aliphatic hydroxyl groups excluding tert-OH is 2. The van der Waals surface area contributed by atoms with Crippen molar-refractivity contribution in [1.29, 1.82) is 0 Å². The second-order valence-corrected chi connectivity index (χ2v) is 8.43. The standard InChI is InChI=1S/C25H21F7N2O2/c26-17-9-5-14(6-10-17)19-18(13-35)22(25(30,31)32)33-23(34-11-1-2-12-34)20(19)21(36)15-3-7-16(8-4-15)24(27,28)29/h3-10,21,35-36H,1-2,11-13H2. The van der Waals surface area contributed by atoms with E-state index in [0.717, 1.165) is 36.4 Å². The maximum atomic E-state index is 14.1. The van der Waals surface area contributed by atoms with Crippen molar-refractivity contribution in [1.82, 2.24) is 4.98 Å². The van der Waals surface area contributed by atoms with E-state index in [1.165, 1.54) is 12.1 Å². The number of nitrogens with zero attached hydrogens (tertiary/aromatic N) is 2. The van der Waals surface area contributed by atoms with Crippen LogP contribution in [0.1, 0.15) is 46.9 Å². The third kappa shape index (κ3) is 5.03. The summed E-state index contributed by atoms with van der Waals surface area (Å²) in [6.07, 6.45) is -9.95. The highest BCUT2D eigenvalue weighted by molar-refractivity contribution is 5.78. The first-order chi connectivity index (χ1) is 16.9. The molecule has 4 rings (SSSR count). The van der Waals surface area contributed by atoms with Gasteiger partial charge in [0.25, 0.3) is 0 Å². The van der Waals surface area contributed by atoms with Crippen molar-refractivity contribution >= 4 is 5.82 Å². The van der Waals surface area contributed by atoms with Crippen molar-refractivity contribution in [3.8, 4) is 11.1 Å². The minimum atomic E-state index is -4.96. The molecular weight excluding hydrogens is 493 g/mol. The van der Waals surface area contributed by atoms with Gasteiger partial charge in [0.1, 0.15) is 17.7 Å². The molecule has 1 unspecified atom stereocenters. The van der Waals surface area contributed by atoms with Gasteiger partial charge >= 0.3 is 12.4 Å². The fourth-order valence-electron chi connectivity index (χ4n) is 4.41. The first kappa shape index (κ1) is 25.9. The minimum absolute atomic E-state index is 0.0164. The first-order valence-corrected chi connectivity index (χ1v) is 11.0. The molecule has 1 aliphatic rings. The molecule has 0 radical (unpaired) electrons. The van der Waals surface area contributed by atoms with Gasteiger partial charge in [-0.05, 0) is 53.8 Å².